The lowest BCUT2D eigenvalue weighted by Gasteiger charge is -2.11. The van der Waals surface area contributed by atoms with Crippen LogP contribution in [-0.2, 0) is 16.3 Å². The number of benzene rings is 2. The van der Waals surface area contributed by atoms with Crippen molar-refractivity contribution >= 4 is 15.7 Å². The lowest BCUT2D eigenvalue weighted by Crippen LogP contribution is -2.26. The van der Waals surface area contributed by atoms with Gasteiger partial charge in [0.05, 0.1) is 14.2 Å². The monoisotopic (exact) mass is 363 g/mol. The number of carbonyl (C=O) groups is 1. The van der Waals surface area contributed by atoms with Crippen molar-refractivity contribution in [2.75, 3.05) is 27.0 Å². The molecular formula is C18H21NO5S. The molecule has 134 valence electrons. The maximum absolute atomic E-state index is 12.3. The molecule has 1 amide bonds. The molecule has 0 radical (unpaired) electrons. The minimum absolute atomic E-state index is 0.00706. The van der Waals surface area contributed by atoms with E-state index in [0.29, 0.717) is 13.0 Å². The highest BCUT2D eigenvalue weighted by Gasteiger charge is 2.17. The van der Waals surface area contributed by atoms with E-state index >= 15 is 0 Å². The third-order valence-electron chi connectivity index (χ3n) is 3.70. The normalized spacial score (nSPS) is 11.0. The molecule has 2 rings (SSSR count). The number of amides is 1. The van der Waals surface area contributed by atoms with Crippen LogP contribution >= 0.6 is 0 Å². The fourth-order valence-corrected chi connectivity index (χ4v) is 3.29. The van der Waals surface area contributed by atoms with Crippen LogP contribution in [0.4, 0.5) is 0 Å². The molecule has 0 aliphatic carbocycles. The molecule has 25 heavy (non-hydrogen) atoms. The maximum Gasteiger partial charge on any atom is 0.251 e. The van der Waals surface area contributed by atoms with Gasteiger partial charge < -0.3 is 14.8 Å². The number of carbonyl (C=O) groups excluding carboxylic acids is 1. The van der Waals surface area contributed by atoms with Crippen molar-refractivity contribution in [1.82, 2.24) is 5.32 Å². The van der Waals surface area contributed by atoms with E-state index in [2.05, 4.69) is 5.32 Å². The molecule has 0 aromatic heterocycles. The van der Waals surface area contributed by atoms with Crippen LogP contribution < -0.4 is 14.8 Å². The van der Waals surface area contributed by atoms with E-state index in [1.54, 1.807) is 7.11 Å². The van der Waals surface area contributed by atoms with Crippen LogP contribution in [-0.4, -0.2) is 41.3 Å². The Kier molecular flexibility index (Phi) is 6.03. The van der Waals surface area contributed by atoms with E-state index < -0.39 is 9.84 Å². The molecule has 7 heteroatoms. The Morgan fingerprint density at radius 3 is 2.36 bits per heavy atom. The Balaban J connectivity index is 2.09. The summed E-state index contributed by atoms with van der Waals surface area (Å²) in [6.45, 7) is 0.402. The van der Waals surface area contributed by atoms with Crippen molar-refractivity contribution in [2.24, 2.45) is 0 Å². The first-order chi connectivity index (χ1) is 11.9. The van der Waals surface area contributed by atoms with E-state index in [1.807, 2.05) is 24.3 Å². The van der Waals surface area contributed by atoms with Crippen LogP contribution in [0.2, 0.25) is 0 Å². The number of sulfone groups is 1. The first-order valence-electron chi connectivity index (χ1n) is 7.65. The summed E-state index contributed by atoms with van der Waals surface area (Å²) in [5.74, 6) is 0.635. The highest BCUT2D eigenvalue weighted by molar-refractivity contribution is 7.90. The van der Waals surface area contributed by atoms with Crippen molar-refractivity contribution in [3.8, 4) is 11.5 Å². The van der Waals surface area contributed by atoms with E-state index in [1.165, 1.54) is 25.3 Å². The third-order valence-corrected chi connectivity index (χ3v) is 4.82. The lowest BCUT2D eigenvalue weighted by molar-refractivity contribution is 0.0954. The molecule has 0 atom stereocenters. The number of hydrogen-bond donors (Lipinski definition) is 1. The minimum Gasteiger partial charge on any atom is -0.496 e. The summed E-state index contributed by atoms with van der Waals surface area (Å²) in [6, 6.07) is 11.9. The number of ether oxygens (including phenoxy) is 2. The van der Waals surface area contributed by atoms with Gasteiger partial charge in [0.1, 0.15) is 16.4 Å². The first-order valence-corrected chi connectivity index (χ1v) is 9.54. The van der Waals surface area contributed by atoms with Gasteiger partial charge in [0, 0.05) is 18.4 Å². The SMILES string of the molecule is COc1ccccc1CCNC(=O)c1ccc(OC)c(S(C)(=O)=O)c1. The summed E-state index contributed by atoms with van der Waals surface area (Å²) in [4.78, 5) is 12.3. The van der Waals surface area contributed by atoms with Crippen LogP contribution in [0.15, 0.2) is 47.4 Å². The second-order valence-corrected chi connectivity index (χ2v) is 7.44. The molecular weight excluding hydrogens is 342 g/mol. The highest BCUT2D eigenvalue weighted by Crippen LogP contribution is 2.24. The van der Waals surface area contributed by atoms with Gasteiger partial charge in [-0.25, -0.2) is 8.42 Å². The standard InChI is InChI=1S/C18H21NO5S/c1-23-15-7-5-4-6-13(15)10-11-19-18(20)14-8-9-16(24-2)17(12-14)25(3,21)22/h4-9,12H,10-11H2,1-3H3,(H,19,20). The molecule has 0 saturated heterocycles. The van der Waals surface area contributed by atoms with Crippen LogP contribution in [0.1, 0.15) is 15.9 Å². The molecule has 0 spiro atoms. The molecule has 2 aromatic rings. The molecule has 2 aromatic carbocycles. The zero-order valence-electron chi connectivity index (χ0n) is 14.4. The first kappa shape index (κ1) is 18.8. The van der Waals surface area contributed by atoms with E-state index in [4.69, 9.17) is 9.47 Å². The summed E-state index contributed by atoms with van der Waals surface area (Å²) in [5, 5.41) is 2.78. The Hall–Kier alpha value is -2.54. The van der Waals surface area contributed by atoms with Crippen LogP contribution in [0.25, 0.3) is 0 Å². The zero-order valence-corrected chi connectivity index (χ0v) is 15.2. The smallest absolute Gasteiger partial charge is 0.251 e. The molecule has 0 aliphatic heterocycles. The lowest BCUT2D eigenvalue weighted by atomic mass is 10.1. The quantitative estimate of drug-likeness (QED) is 0.814. The molecule has 1 N–H and O–H groups in total. The zero-order chi connectivity index (χ0) is 18.4. The molecule has 0 unspecified atom stereocenters. The molecule has 0 aliphatic rings. The number of rotatable bonds is 7. The fourth-order valence-electron chi connectivity index (χ4n) is 2.43. The van der Waals surface area contributed by atoms with Gasteiger partial charge in [0.25, 0.3) is 5.91 Å². The average Bonchev–Trinajstić information content (AvgIpc) is 2.60. The summed E-state index contributed by atoms with van der Waals surface area (Å²) < 4.78 is 34.0. The van der Waals surface area contributed by atoms with Crippen LogP contribution in [0.3, 0.4) is 0 Å². The minimum atomic E-state index is -3.50. The van der Waals surface area contributed by atoms with Crippen molar-refractivity contribution in [3.05, 3.63) is 53.6 Å². The fraction of sp³-hybridized carbons (Fsp3) is 0.278. The van der Waals surface area contributed by atoms with E-state index in [0.717, 1.165) is 17.6 Å². The molecule has 6 nitrogen and oxygen atoms in total. The Bertz CT molecular complexity index is 862. The second kappa shape index (κ2) is 8.02. The maximum atomic E-state index is 12.3. The van der Waals surface area contributed by atoms with Gasteiger partial charge in [-0.1, -0.05) is 18.2 Å². The summed E-state index contributed by atoms with van der Waals surface area (Å²) in [6.07, 6.45) is 1.68. The average molecular weight is 363 g/mol. The Morgan fingerprint density at radius 2 is 1.72 bits per heavy atom. The largest absolute Gasteiger partial charge is 0.496 e. The highest BCUT2D eigenvalue weighted by atomic mass is 32.2. The number of methoxy groups -OCH3 is 2. The summed E-state index contributed by atoms with van der Waals surface area (Å²) >= 11 is 0. The van der Waals surface area contributed by atoms with Crippen molar-refractivity contribution in [3.63, 3.8) is 0 Å². The van der Waals surface area contributed by atoms with Gasteiger partial charge >= 0.3 is 0 Å². The predicted octanol–water partition coefficient (Wildman–Crippen LogP) is 2.08. The Morgan fingerprint density at radius 1 is 1.04 bits per heavy atom. The van der Waals surface area contributed by atoms with Crippen LogP contribution in [0.5, 0.6) is 11.5 Å². The van der Waals surface area contributed by atoms with Gasteiger partial charge in [-0.05, 0) is 36.2 Å². The van der Waals surface area contributed by atoms with Crippen LogP contribution in [0, 0.1) is 0 Å². The number of nitrogens with one attached hydrogen (secondary N) is 1. The summed E-state index contributed by atoms with van der Waals surface area (Å²) in [5.41, 5.74) is 1.25. The topological polar surface area (TPSA) is 81.7 Å². The van der Waals surface area contributed by atoms with Gasteiger partial charge in [-0.3, -0.25) is 4.79 Å². The van der Waals surface area contributed by atoms with Crippen molar-refractivity contribution < 1.29 is 22.7 Å². The second-order valence-electron chi connectivity index (χ2n) is 5.46. The molecule has 0 fully saturated rings. The number of para-hydroxylation sites is 1. The van der Waals surface area contributed by atoms with Gasteiger partial charge in [-0.2, -0.15) is 0 Å². The van der Waals surface area contributed by atoms with Crippen molar-refractivity contribution in [2.45, 2.75) is 11.3 Å². The van der Waals surface area contributed by atoms with Crippen molar-refractivity contribution in [1.29, 1.82) is 0 Å². The van der Waals surface area contributed by atoms with Gasteiger partial charge in [0.2, 0.25) is 0 Å². The molecule has 0 bridgehead atoms. The van der Waals surface area contributed by atoms with Gasteiger partial charge in [0.15, 0.2) is 9.84 Å². The predicted molar refractivity (Wildman–Crippen MR) is 95.1 cm³/mol. The summed E-state index contributed by atoms with van der Waals surface area (Å²) in [7, 11) is -0.511. The van der Waals surface area contributed by atoms with E-state index in [9.17, 15) is 13.2 Å². The third kappa shape index (κ3) is 4.73. The molecule has 0 heterocycles. The molecule has 0 saturated carbocycles. The Labute approximate surface area is 147 Å². The number of hydrogen-bond acceptors (Lipinski definition) is 5. The van der Waals surface area contributed by atoms with Gasteiger partial charge in [-0.15, -0.1) is 0 Å². The van der Waals surface area contributed by atoms with E-state index in [-0.39, 0.29) is 22.1 Å².